The molecule has 2 unspecified atom stereocenters. The van der Waals surface area contributed by atoms with Gasteiger partial charge in [-0.15, -0.1) is 0 Å². The Kier molecular flexibility index (Phi) is 15.1. The van der Waals surface area contributed by atoms with Crippen LogP contribution in [0.3, 0.4) is 0 Å². The van der Waals surface area contributed by atoms with Gasteiger partial charge in [0.25, 0.3) is 0 Å². The second kappa shape index (κ2) is 16.0. The zero-order chi connectivity index (χ0) is 23.1. The summed E-state index contributed by atoms with van der Waals surface area (Å²) in [5.41, 5.74) is 0.270. The van der Waals surface area contributed by atoms with Crippen LogP contribution in [0.4, 0.5) is 0 Å². The third-order valence-corrected chi connectivity index (χ3v) is 8.12. The molecule has 0 amide bonds. The van der Waals surface area contributed by atoms with Gasteiger partial charge >= 0.3 is 15.6 Å². The monoisotopic (exact) mass is 486 g/mol. The van der Waals surface area contributed by atoms with Crippen LogP contribution in [0.15, 0.2) is 0 Å². The highest BCUT2D eigenvalue weighted by Crippen LogP contribution is 2.57. The molecule has 1 saturated heterocycles. The van der Waals surface area contributed by atoms with Crippen LogP contribution in [-0.2, 0) is 22.7 Å². The molecule has 0 saturated carbocycles. The van der Waals surface area contributed by atoms with Crippen LogP contribution in [-0.4, -0.2) is 33.5 Å². The lowest BCUT2D eigenvalue weighted by Crippen LogP contribution is -2.08. The maximum Gasteiger partial charge on any atom is 0.481 e. The van der Waals surface area contributed by atoms with Crippen molar-refractivity contribution >= 4 is 15.6 Å². The zero-order valence-corrected chi connectivity index (χ0v) is 21.0. The predicted molar refractivity (Wildman–Crippen MR) is 122 cm³/mol. The number of epoxide rings is 1. The zero-order valence-electron chi connectivity index (χ0n) is 19.2. The summed E-state index contributed by atoms with van der Waals surface area (Å²) in [7, 11) is -9.70. The molecule has 1 heterocycles. The topological polar surface area (TPSA) is 126 Å². The molecule has 3 N–H and O–H groups in total. The molecule has 0 spiro atoms. The van der Waals surface area contributed by atoms with E-state index in [1.54, 1.807) is 0 Å². The number of rotatable bonds is 22. The Hall–Kier alpha value is 0.220. The van der Waals surface area contributed by atoms with Gasteiger partial charge in [-0.05, 0) is 19.3 Å². The third kappa shape index (κ3) is 17.4. The van der Waals surface area contributed by atoms with Gasteiger partial charge in [0.1, 0.15) is 0 Å². The van der Waals surface area contributed by atoms with E-state index in [9.17, 15) is 9.13 Å². The number of unbranched alkanes of at least 4 members (excludes halogenated alkanes) is 14. The van der Waals surface area contributed by atoms with Crippen molar-refractivity contribution in [2.75, 3.05) is 13.2 Å². The highest BCUT2D eigenvalue weighted by Gasteiger charge is 2.41. The van der Waals surface area contributed by atoms with E-state index in [1.165, 1.54) is 77.0 Å². The Bertz CT molecular complexity index is 547. The molecule has 0 aromatic rings. The van der Waals surface area contributed by atoms with Gasteiger partial charge in [-0.2, -0.15) is 4.31 Å². The van der Waals surface area contributed by atoms with E-state index < -0.39 is 15.6 Å². The van der Waals surface area contributed by atoms with Crippen molar-refractivity contribution in [2.45, 2.75) is 122 Å². The molecule has 8 nitrogen and oxygen atoms in total. The molecule has 0 aromatic heterocycles. The predicted octanol–water partition coefficient (Wildman–Crippen LogP) is 6.63. The Morgan fingerprint density at radius 2 is 1.13 bits per heavy atom. The van der Waals surface area contributed by atoms with E-state index in [-0.39, 0.29) is 12.2 Å². The first-order chi connectivity index (χ1) is 14.7. The van der Waals surface area contributed by atoms with E-state index in [4.69, 9.17) is 19.4 Å². The van der Waals surface area contributed by atoms with Crippen molar-refractivity contribution in [1.29, 1.82) is 0 Å². The van der Waals surface area contributed by atoms with E-state index in [0.29, 0.717) is 6.42 Å². The molecule has 0 aromatic carbocycles. The van der Waals surface area contributed by atoms with Crippen molar-refractivity contribution in [3.63, 3.8) is 0 Å². The average Bonchev–Trinajstić information content (AvgIpc) is 3.45. The molecule has 0 radical (unpaired) electrons. The fourth-order valence-corrected chi connectivity index (χ4v) is 5.44. The second-order valence-corrected chi connectivity index (χ2v) is 11.6. The molecule has 1 aliphatic rings. The Labute approximate surface area is 188 Å². The van der Waals surface area contributed by atoms with Gasteiger partial charge in [0.15, 0.2) is 0 Å². The summed E-state index contributed by atoms with van der Waals surface area (Å²) in [6.45, 7) is 3.15. The first kappa shape index (κ1) is 29.3. The molecule has 0 aliphatic carbocycles. The third-order valence-electron chi connectivity index (χ3n) is 5.94. The van der Waals surface area contributed by atoms with Crippen molar-refractivity contribution in [2.24, 2.45) is 0 Å². The lowest BCUT2D eigenvalue weighted by molar-refractivity contribution is 0.175. The summed E-state index contributed by atoms with van der Waals surface area (Å²) in [6.07, 6.45) is 20.4. The maximum atomic E-state index is 11.2. The van der Waals surface area contributed by atoms with Gasteiger partial charge in [0.05, 0.1) is 18.8 Å². The second-order valence-electron chi connectivity index (χ2n) is 8.75. The lowest BCUT2D eigenvalue weighted by atomic mass is 9.98. The minimum atomic E-state index is -5.03. The molecule has 2 atom stereocenters. The average molecular weight is 487 g/mol. The molecular weight excluding hydrogens is 442 g/mol. The van der Waals surface area contributed by atoms with Crippen LogP contribution in [0.5, 0.6) is 0 Å². The van der Waals surface area contributed by atoms with Gasteiger partial charge < -0.3 is 19.4 Å². The Balaban J connectivity index is 1.74. The molecular formula is C21H44O8P2. The largest absolute Gasteiger partial charge is 0.481 e. The molecule has 0 bridgehead atoms. The van der Waals surface area contributed by atoms with Crippen molar-refractivity contribution in [1.82, 2.24) is 0 Å². The summed E-state index contributed by atoms with van der Waals surface area (Å²) in [4.78, 5) is 26.1. The van der Waals surface area contributed by atoms with Gasteiger partial charge in [-0.1, -0.05) is 96.8 Å². The van der Waals surface area contributed by atoms with E-state index in [0.717, 1.165) is 32.3 Å². The lowest BCUT2D eigenvalue weighted by Gasteiger charge is -2.12. The van der Waals surface area contributed by atoms with Crippen LogP contribution in [0.1, 0.15) is 116 Å². The van der Waals surface area contributed by atoms with Crippen molar-refractivity contribution in [3.05, 3.63) is 0 Å². The van der Waals surface area contributed by atoms with Crippen LogP contribution in [0, 0.1) is 0 Å². The minimum Gasteiger partial charge on any atom is -0.370 e. The highest BCUT2D eigenvalue weighted by molar-refractivity contribution is 7.60. The Morgan fingerprint density at radius 1 is 0.742 bits per heavy atom. The molecule has 1 aliphatic heterocycles. The van der Waals surface area contributed by atoms with E-state index >= 15 is 0 Å². The van der Waals surface area contributed by atoms with Gasteiger partial charge in [0.2, 0.25) is 0 Å². The summed E-state index contributed by atoms with van der Waals surface area (Å²) in [5.74, 6) is 0. The van der Waals surface area contributed by atoms with Crippen molar-refractivity contribution in [3.8, 4) is 0 Å². The molecule has 1 fully saturated rings. The summed E-state index contributed by atoms with van der Waals surface area (Å²) >= 11 is 0. The number of phosphoric acid groups is 2. The first-order valence-corrected chi connectivity index (χ1v) is 15.1. The summed E-state index contributed by atoms with van der Waals surface area (Å²) in [6, 6.07) is 0. The standard InChI is InChI=1S/C21H44O8P2/c1-2-21(20-27-21)18-16-14-12-10-8-6-4-3-5-7-9-11-13-15-17-19-28-31(25,26)29-30(22,23)24/h2-20H2,1H3,(H,25,26)(H2,22,23,24). The van der Waals surface area contributed by atoms with Gasteiger partial charge in [-0.3, -0.25) is 4.52 Å². The number of phosphoric ester groups is 1. The molecule has 186 valence electrons. The van der Waals surface area contributed by atoms with Crippen LogP contribution >= 0.6 is 15.6 Å². The maximum absolute atomic E-state index is 11.2. The normalized spacial score (nSPS) is 20.6. The van der Waals surface area contributed by atoms with Crippen molar-refractivity contribution < 1.29 is 37.4 Å². The van der Waals surface area contributed by atoms with E-state index in [2.05, 4.69) is 15.8 Å². The minimum absolute atomic E-state index is 0.0539. The van der Waals surface area contributed by atoms with Crippen LogP contribution < -0.4 is 0 Å². The SMILES string of the molecule is CCC1(CCCCCCCCCCCCCCCCCOP(=O)(O)OP(=O)(O)O)CO1. The first-order valence-electron chi connectivity index (χ1n) is 12.1. The number of ether oxygens (including phenoxy) is 1. The van der Waals surface area contributed by atoms with Gasteiger partial charge in [0, 0.05) is 0 Å². The van der Waals surface area contributed by atoms with E-state index in [1.807, 2.05) is 0 Å². The number of hydrogen-bond donors (Lipinski definition) is 3. The smallest absolute Gasteiger partial charge is 0.370 e. The summed E-state index contributed by atoms with van der Waals surface area (Å²) in [5, 5.41) is 0. The fraction of sp³-hybridized carbons (Fsp3) is 1.00. The highest BCUT2D eigenvalue weighted by atomic mass is 31.3. The molecule has 10 heteroatoms. The van der Waals surface area contributed by atoms with Crippen LogP contribution in [0.25, 0.3) is 0 Å². The quantitative estimate of drug-likeness (QED) is 0.0884. The molecule has 1 rings (SSSR count). The van der Waals surface area contributed by atoms with Gasteiger partial charge in [-0.25, -0.2) is 9.13 Å². The summed E-state index contributed by atoms with van der Waals surface area (Å²) < 4.78 is 35.6. The van der Waals surface area contributed by atoms with Crippen LogP contribution in [0.2, 0.25) is 0 Å². The fourth-order valence-electron chi connectivity index (χ4n) is 3.81. The number of hydrogen-bond acceptors (Lipinski definition) is 5. The Morgan fingerprint density at radius 3 is 1.48 bits per heavy atom. The molecule has 31 heavy (non-hydrogen) atoms.